The first-order valence-electron chi connectivity index (χ1n) is 8.23. The number of rotatable bonds is 6. The van der Waals surface area contributed by atoms with Crippen LogP contribution in [-0.2, 0) is 7.05 Å². The van der Waals surface area contributed by atoms with Gasteiger partial charge in [0.1, 0.15) is 5.82 Å². The average Bonchev–Trinajstić information content (AvgIpc) is 2.94. The van der Waals surface area contributed by atoms with Crippen LogP contribution in [-0.4, -0.2) is 62.0 Å². The van der Waals surface area contributed by atoms with Gasteiger partial charge in [-0.25, -0.2) is 0 Å². The monoisotopic (exact) mass is 319 g/mol. The van der Waals surface area contributed by atoms with Crippen LogP contribution in [0.5, 0.6) is 0 Å². The van der Waals surface area contributed by atoms with Crippen molar-refractivity contribution in [1.29, 1.82) is 0 Å². The molecule has 126 valence electrons. The van der Waals surface area contributed by atoms with Gasteiger partial charge in [0.25, 0.3) is 0 Å². The second-order valence-electron chi connectivity index (χ2n) is 6.09. The molecule has 0 spiro atoms. The number of nitrogen functional groups attached to an aromatic ring is 1. The Balaban J connectivity index is 1.53. The van der Waals surface area contributed by atoms with E-state index in [-0.39, 0.29) is 6.61 Å². The van der Waals surface area contributed by atoms with Crippen molar-refractivity contribution in [2.45, 2.75) is 31.7 Å². The third-order valence-corrected chi connectivity index (χ3v) is 4.49. The summed E-state index contributed by atoms with van der Waals surface area (Å²) < 4.78 is 1.69. The second kappa shape index (κ2) is 7.10. The van der Waals surface area contributed by atoms with E-state index in [2.05, 4.69) is 25.3 Å². The Labute approximate surface area is 135 Å². The maximum Gasteiger partial charge on any atom is 0.226 e. The number of likely N-dealkylation sites (tertiary alicyclic amines) is 1. The molecule has 1 atom stereocenters. The van der Waals surface area contributed by atoms with Gasteiger partial charge in [-0.1, -0.05) is 6.42 Å². The Hall–Kier alpha value is -1.93. The number of nitrogens with zero attached hydrogens (tertiary/aromatic N) is 5. The van der Waals surface area contributed by atoms with Crippen LogP contribution in [0.25, 0.3) is 11.0 Å². The second-order valence-corrected chi connectivity index (χ2v) is 6.09. The summed E-state index contributed by atoms with van der Waals surface area (Å²) in [6.45, 7) is 3.08. The van der Waals surface area contributed by atoms with E-state index in [1.165, 1.54) is 12.8 Å². The molecule has 8 heteroatoms. The van der Waals surface area contributed by atoms with Gasteiger partial charge in [0, 0.05) is 26.2 Å². The molecule has 0 aromatic carbocycles. The van der Waals surface area contributed by atoms with Crippen LogP contribution in [0.3, 0.4) is 0 Å². The SMILES string of the molecule is Cn1ncc2c(N)nc(NCCCN3CCCCC3CO)nc21. The lowest BCUT2D eigenvalue weighted by Crippen LogP contribution is -2.42. The van der Waals surface area contributed by atoms with E-state index < -0.39 is 0 Å². The first-order chi connectivity index (χ1) is 11.2. The molecule has 1 saturated heterocycles. The molecule has 2 aromatic heterocycles. The highest BCUT2D eigenvalue weighted by Crippen LogP contribution is 2.19. The van der Waals surface area contributed by atoms with Gasteiger partial charge < -0.3 is 16.2 Å². The van der Waals surface area contributed by atoms with Crippen LogP contribution in [0.15, 0.2) is 6.20 Å². The number of aromatic nitrogens is 4. The van der Waals surface area contributed by atoms with Crippen molar-refractivity contribution in [2.75, 3.05) is 37.3 Å². The molecule has 4 N–H and O–H groups in total. The van der Waals surface area contributed by atoms with E-state index in [0.29, 0.717) is 17.8 Å². The summed E-state index contributed by atoms with van der Waals surface area (Å²) in [5.74, 6) is 0.984. The van der Waals surface area contributed by atoms with Crippen molar-refractivity contribution < 1.29 is 5.11 Å². The summed E-state index contributed by atoms with van der Waals surface area (Å²) in [7, 11) is 1.84. The molecule has 23 heavy (non-hydrogen) atoms. The Kier molecular flexibility index (Phi) is 4.92. The number of hydrogen-bond donors (Lipinski definition) is 3. The van der Waals surface area contributed by atoms with Crippen LogP contribution in [0.1, 0.15) is 25.7 Å². The summed E-state index contributed by atoms with van der Waals surface area (Å²) >= 11 is 0. The van der Waals surface area contributed by atoms with E-state index in [1.807, 2.05) is 7.05 Å². The van der Waals surface area contributed by atoms with E-state index in [9.17, 15) is 5.11 Å². The molecule has 3 heterocycles. The lowest BCUT2D eigenvalue weighted by Gasteiger charge is -2.34. The number of piperidine rings is 1. The molecule has 1 aliphatic heterocycles. The zero-order valence-electron chi connectivity index (χ0n) is 13.6. The molecule has 0 radical (unpaired) electrons. The molecular weight excluding hydrogens is 294 g/mol. The van der Waals surface area contributed by atoms with Crippen LogP contribution in [0.4, 0.5) is 11.8 Å². The minimum Gasteiger partial charge on any atom is -0.395 e. The number of fused-ring (bicyclic) bond motifs is 1. The molecule has 1 unspecified atom stereocenters. The van der Waals surface area contributed by atoms with Gasteiger partial charge in [-0.15, -0.1) is 0 Å². The molecule has 0 bridgehead atoms. The Morgan fingerprint density at radius 2 is 2.26 bits per heavy atom. The number of nitrogens with two attached hydrogens (primary N) is 1. The highest BCUT2D eigenvalue weighted by molar-refractivity contribution is 5.86. The number of anilines is 2. The van der Waals surface area contributed by atoms with Crippen LogP contribution in [0.2, 0.25) is 0 Å². The fourth-order valence-electron chi connectivity index (χ4n) is 3.17. The summed E-state index contributed by atoms with van der Waals surface area (Å²) in [6.07, 6.45) is 6.20. The predicted octanol–water partition coefficient (Wildman–Crippen LogP) is 0.594. The number of aliphatic hydroxyl groups is 1. The smallest absolute Gasteiger partial charge is 0.226 e. The molecule has 1 aliphatic rings. The quantitative estimate of drug-likeness (QED) is 0.669. The van der Waals surface area contributed by atoms with E-state index in [1.54, 1.807) is 10.9 Å². The van der Waals surface area contributed by atoms with Gasteiger partial charge in [-0.05, 0) is 25.8 Å². The Morgan fingerprint density at radius 1 is 1.39 bits per heavy atom. The van der Waals surface area contributed by atoms with Gasteiger partial charge >= 0.3 is 0 Å². The van der Waals surface area contributed by atoms with Crippen molar-refractivity contribution >= 4 is 22.8 Å². The predicted molar refractivity (Wildman–Crippen MR) is 90.1 cm³/mol. The van der Waals surface area contributed by atoms with Crippen molar-refractivity contribution in [2.24, 2.45) is 7.05 Å². The lowest BCUT2D eigenvalue weighted by atomic mass is 10.0. The molecule has 8 nitrogen and oxygen atoms in total. The van der Waals surface area contributed by atoms with Gasteiger partial charge in [-0.3, -0.25) is 9.58 Å². The number of aryl methyl sites for hydroxylation is 1. The topological polar surface area (TPSA) is 105 Å². The van der Waals surface area contributed by atoms with E-state index >= 15 is 0 Å². The summed E-state index contributed by atoms with van der Waals surface area (Å²) in [6, 6.07) is 0.321. The van der Waals surface area contributed by atoms with Crippen molar-refractivity contribution in [3.63, 3.8) is 0 Å². The minimum absolute atomic E-state index is 0.254. The molecule has 1 fully saturated rings. The fourth-order valence-corrected chi connectivity index (χ4v) is 3.17. The van der Waals surface area contributed by atoms with Gasteiger partial charge in [0.15, 0.2) is 5.65 Å². The normalized spacial score (nSPS) is 19.3. The largest absolute Gasteiger partial charge is 0.395 e. The molecule has 0 aliphatic carbocycles. The third-order valence-electron chi connectivity index (χ3n) is 4.49. The molecular formula is C15H25N7O. The van der Waals surface area contributed by atoms with Crippen LogP contribution in [0, 0.1) is 0 Å². The van der Waals surface area contributed by atoms with Gasteiger partial charge in [0.2, 0.25) is 5.95 Å². The number of hydrogen-bond acceptors (Lipinski definition) is 7. The maximum atomic E-state index is 9.43. The Bertz CT molecular complexity index is 657. The van der Waals surface area contributed by atoms with E-state index in [0.717, 1.165) is 43.5 Å². The van der Waals surface area contributed by atoms with Gasteiger partial charge in [-0.2, -0.15) is 15.1 Å². The van der Waals surface area contributed by atoms with Crippen molar-refractivity contribution in [3.8, 4) is 0 Å². The van der Waals surface area contributed by atoms with Crippen molar-refractivity contribution in [3.05, 3.63) is 6.20 Å². The summed E-state index contributed by atoms with van der Waals surface area (Å²) in [5, 5.41) is 17.6. The standard InChI is InChI=1S/C15H25N7O/c1-21-14-12(9-18-21)13(16)19-15(20-14)17-6-4-8-22-7-3-2-5-11(22)10-23/h9,11,23H,2-8,10H2,1H3,(H3,16,17,19,20). The average molecular weight is 319 g/mol. The van der Waals surface area contributed by atoms with Crippen molar-refractivity contribution in [1.82, 2.24) is 24.6 Å². The zero-order chi connectivity index (χ0) is 16.2. The van der Waals surface area contributed by atoms with E-state index in [4.69, 9.17) is 5.73 Å². The zero-order valence-corrected chi connectivity index (χ0v) is 13.6. The third kappa shape index (κ3) is 3.53. The Morgan fingerprint density at radius 3 is 3.09 bits per heavy atom. The highest BCUT2D eigenvalue weighted by atomic mass is 16.3. The minimum atomic E-state index is 0.254. The number of nitrogens with one attached hydrogen (secondary N) is 1. The summed E-state index contributed by atoms with van der Waals surface area (Å²) in [5.41, 5.74) is 6.68. The maximum absolute atomic E-state index is 9.43. The molecule has 3 rings (SSSR count). The first-order valence-corrected chi connectivity index (χ1v) is 8.23. The molecule has 0 amide bonds. The lowest BCUT2D eigenvalue weighted by molar-refractivity contribution is 0.0901. The highest BCUT2D eigenvalue weighted by Gasteiger charge is 2.20. The van der Waals surface area contributed by atoms with Crippen LogP contribution >= 0.6 is 0 Å². The first kappa shape index (κ1) is 15.9. The molecule has 2 aromatic rings. The number of aliphatic hydroxyl groups excluding tert-OH is 1. The fraction of sp³-hybridized carbons (Fsp3) is 0.667. The van der Waals surface area contributed by atoms with Crippen LogP contribution < -0.4 is 11.1 Å². The van der Waals surface area contributed by atoms with Gasteiger partial charge in [0.05, 0.1) is 18.2 Å². The molecule has 0 saturated carbocycles. The summed E-state index contributed by atoms with van der Waals surface area (Å²) in [4.78, 5) is 11.1.